The molecule has 0 fully saturated rings. The number of thiazole rings is 1. The third-order valence-electron chi connectivity index (χ3n) is 3.94. The van der Waals surface area contributed by atoms with E-state index in [4.69, 9.17) is 0 Å². The third kappa shape index (κ3) is 4.91. The SMILES string of the molecule is CC(C)(C)C(=O)Nc1nc(-c2ccc(C(C)(C)C)cc2)c(CC(=O)O)s1. The molecule has 0 aliphatic rings. The van der Waals surface area contributed by atoms with Gasteiger partial charge in [-0.1, -0.05) is 65.8 Å². The van der Waals surface area contributed by atoms with Gasteiger partial charge in [-0.25, -0.2) is 4.98 Å². The average Bonchev–Trinajstić information content (AvgIpc) is 2.87. The minimum atomic E-state index is -0.921. The molecule has 140 valence electrons. The van der Waals surface area contributed by atoms with Crippen LogP contribution in [0, 0.1) is 5.41 Å². The van der Waals surface area contributed by atoms with Gasteiger partial charge in [-0.3, -0.25) is 9.59 Å². The Morgan fingerprint density at radius 1 is 1.08 bits per heavy atom. The van der Waals surface area contributed by atoms with Gasteiger partial charge in [0.05, 0.1) is 12.1 Å². The Bertz CT molecular complexity index is 809. The van der Waals surface area contributed by atoms with E-state index in [-0.39, 0.29) is 17.7 Å². The van der Waals surface area contributed by atoms with Crippen LogP contribution >= 0.6 is 11.3 Å². The zero-order valence-electron chi connectivity index (χ0n) is 16.1. The van der Waals surface area contributed by atoms with Gasteiger partial charge in [0, 0.05) is 15.9 Å². The Kier molecular flexibility index (Phi) is 5.56. The maximum Gasteiger partial charge on any atom is 0.308 e. The van der Waals surface area contributed by atoms with Crippen LogP contribution in [0.15, 0.2) is 24.3 Å². The van der Waals surface area contributed by atoms with Crippen LogP contribution in [0.1, 0.15) is 52.0 Å². The Labute approximate surface area is 158 Å². The van der Waals surface area contributed by atoms with Crippen LogP contribution in [0.2, 0.25) is 0 Å². The molecule has 1 aromatic carbocycles. The summed E-state index contributed by atoms with van der Waals surface area (Å²) in [6.45, 7) is 11.9. The third-order valence-corrected chi connectivity index (χ3v) is 4.91. The summed E-state index contributed by atoms with van der Waals surface area (Å²) in [6, 6.07) is 7.98. The fourth-order valence-corrected chi connectivity index (χ4v) is 3.27. The van der Waals surface area contributed by atoms with Crippen molar-refractivity contribution in [1.29, 1.82) is 0 Å². The second-order valence-corrected chi connectivity index (χ2v) is 9.48. The first kappa shape index (κ1) is 20.1. The Balaban J connectivity index is 2.40. The molecule has 5 nitrogen and oxygen atoms in total. The van der Waals surface area contributed by atoms with Gasteiger partial charge in [0.25, 0.3) is 0 Å². The van der Waals surface area contributed by atoms with E-state index < -0.39 is 11.4 Å². The van der Waals surface area contributed by atoms with Gasteiger partial charge in [0.15, 0.2) is 5.13 Å². The molecule has 1 heterocycles. The second kappa shape index (κ2) is 7.19. The summed E-state index contributed by atoms with van der Waals surface area (Å²) in [4.78, 5) is 28.6. The maximum absolute atomic E-state index is 12.2. The molecule has 2 aromatic rings. The molecule has 2 rings (SSSR count). The second-order valence-electron chi connectivity index (χ2n) is 8.39. The van der Waals surface area contributed by atoms with Gasteiger partial charge in [-0.15, -0.1) is 11.3 Å². The van der Waals surface area contributed by atoms with Gasteiger partial charge in [-0.2, -0.15) is 0 Å². The van der Waals surface area contributed by atoms with Crippen molar-refractivity contribution in [2.45, 2.75) is 53.4 Å². The number of hydrogen-bond acceptors (Lipinski definition) is 4. The molecule has 0 saturated heterocycles. The lowest BCUT2D eigenvalue weighted by atomic mass is 9.86. The number of nitrogens with one attached hydrogen (secondary N) is 1. The molecule has 0 saturated carbocycles. The lowest BCUT2D eigenvalue weighted by Gasteiger charge is -2.19. The molecule has 6 heteroatoms. The monoisotopic (exact) mass is 374 g/mol. The number of aliphatic carboxylic acids is 1. The molecule has 0 aliphatic heterocycles. The van der Waals surface area contributed by atoms with Gasteiger partial charge in [-0.05, 0) is 11.0 Å². The number of benzene rings is 1. The topological polar surface area (TPSA) is 79.3 Å². The smallest absolute Gasteiger partial charge is 0.308 e. The van der Waals surface area contributed by atoms with Crippen LogP contribution < -0.4 is 5.32 Å². The van der Waals surface area contributed by atoms with E-state index in [2.05, 4.69) is 31.1 Å². The summed E-state index contributed by atoms with van der Waals surface area (Å²) < 4.78 is 0. The fourth-order valence-electron chi connectivity index (χ4n) is 2.30. The van der Waals surface area contributed by atoms with Crippen LogP contribution in [-0.4, -0.2) is 22.0 Å². The van der Waals surface area contributed by atoms with E-state index in [9.17, 15) is 14.7 Å². The number of amides is 1. The van der Waals surface area contributed by atoms with Gasteiger partial charge in [0.1, 0.15) is 0 Å². The van der Waals surface area contributed by atoms with Crippen molar-refractivity contribution in [1.82, 2.24) is 4.98 Å². The van der Waals surface area contributed by atoms with Gasteiger partial charge in [0.2, 0.25) is 5.91 Å². The number of anilines is 1. The lowest BCUT2D eigenvalue weighted by Crippen LogP contribution is -2.27. The molecule has 0 aliphatic carbocycles. The quantitative estimate of drug-likeness (QED) is 0.811. The Morgan fingerprint density at radius 2 is 1.65 bits per heavy atom. The van der Waals surface area contributed by atoms with Crippen LogP contribution in [0.4, 0.5) is 5.13 Å². The minimum Gasteiger partial charge on any atom is -0.481 e. The van der Waals surface area contributed by atoms with E-state index in [0.717, 1.165) is 5.56 Å². The number of carbonyl (C=O) groups excluding carboxylic acids is 1. The fraction of sp³-hybridized carbons (Fsp3) is 0.450. The predicted octanol–water partition coefficient (Wildman–Crippen LogP) is 4.72. The number of carboxylic acid groups (broad SMARTS) is 1. The van der Waals surface area contributed by atoms with E-state index in [1.54, 1.807) is 0 Å². The number of hydrogen-bond donors (Lipinski definition) is 2. The van der Waals surface area contributed by atoms with Crippen LogP contribution in [0.3, 0.4) is 0 Å². The first-order valence-electron chi connectivity index (χ1n) is 8.52. The number of carboxylic acids is 1. The highest BCUT2D eigenvalue weighted by Gasteiger charge is 2.24. The molecule has 1 amide bonds. The van der Waals surface area contributed by atoms with Crippen molar-refractivity contribution in [3.05, 3.63) is 34.7 Å². The van der Waals surface area contributed by atoms with Crippen molar-refractivity contribution in [3.63, 3.8) is 0 Å². The molecule has 0 atom stereocenters. The maximum atomic E-state index is 12.2. The van der Waals surface area contributed by atoms with Crippen LogP contribution in [0.25, 0.3) is 11.3 Å². The highest BCUT2D eigenvalue weighted by molar-refractivity contribution is 7.16. The Morgan fingerprint density at radius 3 is 2.12 bits per heavy atom. The summed E-state index contributed by atoms with van der Waals surface area (Å²) in [6.07, 6.45) is -0.126. The standard InChI is InChI=1S/C20H26N2O3S/c1-19(2,3)13-9-7-12(8-10-13)16-14(11-15(23)24)26-18(21-16)22-17(25)20(4,5)6/h7-10H,11H2,1-6H3,(H,23,24)(H,21,22,25). The minimum absolute atomic E-state index is 0.0380. The van der Waals surface area contributed by atoms with Crippen LogP contribution in [-0.2, 0) is 21.4 Å². The molecule has 2 N–H and O–H groups in total. The summed E-state index contributed by atoms with van der Waals surface area (Å²) in [7, 11) is 0. The zero-order chi connectivity index (χ0) is 19.7. The Hall–Kier alpha value is -2.21. The van der Waals surface area contributed by atoms with Crippen molar-refractivity contribution in [2.75, 3.05) is 5.32 Å². The van der Waals surface area contributed by atoms with E-state index in [0.29, 0.717) is 15.7 Å². The number of nitrogens with zero attached hydrogens (tertiary/aromatic N) is 1. The van der Waals surface area contributed by atoms with Crippen molar-refractivity contribution in [2.24, 2.45) is 5.41 Å². The largest absolute Gasteiger partial charge is 0.481 e. The van der Waals surface area contributed by atoms with Crippen molar-refractivity contribution < 1.29 is 14.7 Å². The van der Waals surface area contributed by atoms with Gasteiger partial charge < -0.3 is 10.4 Å². The van der Waals surface area contributed by atoms with E-state index in [1.807, 2.05) is 45.0 Å². The molecular formula is C20H26N2O3S. The first-order chi connectivity index (χ1) is 11.9. The summed E-state index contributed by atoms with van der Waals surface area (Å²) >= 11 is 1.21. The molecule has 0 bridgehead atoms. The zero-order valence-corrected chi connectivity index (χ0v) is 17.0. The van der Waals surface area contributed by atoms with Crippen LogP contribution in [0.5, 0.6) is 0 Å². The molecule has 1 aromatic heterocycles. The van der Waals surface area contributed by atoms with Crippen molar-refractivity contribution in [3.8, 4) is 11.3 Å². The average molecular weight is 375 g/mol. The molecule has 0 spiro atoms. The van der Waals surface area contributed by atoms with Gasteiger partial charge >= 0.3 is 5.97 Å². The highest BCUT2D eigenvalue weighted by atomic mass is 32.1. The first-order valence-corrected chi connectivity index (χ1v) is 9.33. The lowest BCUT2D eigenvalue weighted by molar-refractivity contribution is -0.136. The summed E-state index contributed by atoms with van der Waals surface area (Å²) in [5, 5.41) is 12.4. The normalized spacial score (nSPS) is 12.1. The summed E-state index contributed by atoms with van der Waals surface area (Å²) in [5.74, 6) is -1.07. The van der Waals surface area contributed by atoms with Crippen molar-refractivity contribution >= 4 is 28.3 Å². The van der Waals surface area contributed by atoms with E-state index in [1.165, 1.54) is 16.9 Å². The highest BCUT2D eigenvalue weighted by Crippen LogP contribution is 2.33. The predicted molar refractivity (Wildman–Crippen MR) is 106 cm³/mol. The number of carbonyl (C=O) groups is 2. The molecule has 0 radical (unpaired) electrons. The molecular weight excluding hydrogens is 348 g/mol. The number of rotatable bonds is 4. The molecule has 26 heavy (non-hydrogen) atoms. The number of aromatic nitrogens is 1. The molecule has 0 unspecified atom stereocenters. The van der Waals surface area contributed by atoms with E-state index >= 15 is 0 Å². The summed E-state index contributed by atoms with van der Waals surface area (Å²) in [5.41, 5.74) is 2.14.